The number of hydrogen-bond donors (Lipinski definition) is 1. The van der Waals surface area contributed by atoms with Crippen molar-refractivity contribution in [3.63, 3.8) is 0 Å². The van der Waals surface area contributed by atoms with Crippen molar-refractivity contribution in [2.45, 2.75) is 51.4 Å². The van der Waals surface area contributed by atoms with E-state index in [1.807, 2.05) is 0 Å². The van der Waals surface area contributed by atoms with Gasteiger partial charge in [0, 0.05) is 12.1 Å². The van der Waals surface area contributed by atoms with Crippen LogP contribution >= 0.6 is 0 Å². The molecule has 2 nitrogen and oxygen atoms in total. The van der Waals surface area contributed by atoms with Crippen molar-refractivity contribution in [2.75, 3.05) is 13.1 Å². The number of pyridine rings is 1. The Bertz CT molecular complexity index is 781. The van der Waals surface area contributed by atoms with Crippen LogP contribution in [0.4, 0.5) is 26.3 Å². The zero-order valence-corrected chi connectivity index (χ0v) is 16.3. The fourth-order valence-corrected chi connectivity index (χ4v) is 2.90. The lowest BCUT2D eigenvalue weighted by Crippen LogP contribution is -2.22. The van der Waals surface area contributed by atoms with Gasteiger partial charge in [-0.1, -0.05) is 38.8 Å². The van der Waals surface area contributed by atoms with E-state index < -0.39 is 23.6 Å². The highest BCUT2D eigenvalue weighted by atomic mass is 19.4. The molecule has 1 unspecified atom stereocenters. The predicted octanol–water partition coefficient (Wildman–Crippen LogP) is 6.67. The highest BCUT2D eigenvalue weighted by Crippen LogP contribution is 2.34. The minimum atomic E-state index is -4.65. The number of halogens is 6. The number of benzene rings is 1. The van der Waals surface area contributed by atoms with Crippen molar-refractivity contribution < 1.29 is 26.3 Å². The first-order chi connectivity index (χ1) is 13.5. The summed E-state index contributed by atoms with van der Waals surface area (Å²) in [6.45, 7) is 5.17. The summed E-state index contributed by atoms with van der Waals surface area (Å²) in [5, 5.41) is 3.23. The van der Waals surface area contributed by atoms with Crippen LogP contribution in [0.5, 0.6) is 0 Å². The van der Waals surface area contributed by atoms with E-state index >= 15 is 0 Å². The molecule has 8 heteroatoms. The first kappa shape index (κ1) is 23.2. The zero-order valence-electron chi connectivity index (χ0n) is 16.3. The van der Waals surface area contributed by atoms with Gasteiger partial charge in [0.25, 0.3) is 0 Å². The fourth-order valence-electron chi connectivity index (χ4n) is 2.90. The lowest BCUT2D eigenvalue weighted by molar-refractivity contribution is -0.141. The maximum atomic E-state index is 13.3. The van der Waals surface area contributed by atoms with E-state index in [9.17, 15) is 26.3 Å². The molecule has 0 amide bonds. The second-order valence-electron chi connectivity index (χ2n) is 7.06. The molecule has 2 rings (SSSR count). The van der Waals surface area contributed by atoms with Crippen LogP contribution in [0.1, 0.15) is 55.8 Å². The molecule has 1 N–H and O–H groups in total. The first-order valence-corrected chi connectivity index (χ1v) is 9.50. The summed E-state index contributed by atoms with van der Waals surface area (Å²) >= 11 is 0. The van der Waals surface area contributed by atoms with Gasteiger partial charge in [-0.2, -0.15) is 26.3 Å². The van der Waals surface area contributed by atoms with Gasteiger partial charge in [-0.15, -0.1) is 0 Å². The Morgan fingerprint density at radius 2 is 1.59 bits per heavy atom. The average molecular weight is 418 g/mol. The Hall–Kier alpha value is -2.09. The summed E-state index contributed by atoms with van der Waals surface area (Å²) in [4.78, 5) is 3.64. The van der Waals surface area contributed by atoms with E-state index in [4.69, 9.17) is 0 Å². The number of aromatic nitrogens is 1. The van der Waals surface area contributed by atoms with Crippen molar-refractivity contribution in [1.82, 2.24) is 10.3 Å². The standard InChI is InChI=1S/C21H24F6N2/c1-3-4-5-10-28-13-14(2)16-11-18(29-19(12-16)21(25,26)27)15-6-8-17(9-7-15)20(22,23)24/h6-9,11-12,14,28H,3-5,10,13H2,1-2H3. The summed E-state index contributed by atoms with van der Waals surface area (Å²) < 4.78 is 78.1. The smallest absolute Gasteiger partial charge is 0.316 e. The van der Waals surface area contributed by atoms with Crippen molar-refractivity contribution in [1.29, 1.82) is 0 Å². The second kappa shape index (κ2) is 9.61. The molecule has 2 aromatic rings. The van der Waals surface area contributed by atoms with E-state index in [2.05, 4.69) is 17.2 Å². The van der Waals surface area contributed by atoms with Gasteiger partial charge in [0.15, 0.2) is 0 Å². The maximum Gasteiger partial charge on any atom is 0.433 e. The van der Waals surface area contributed by atoms with Crippen molar-refractivity contribution in [3.8, 4) is 11.3 Å². The first-order valence-electron chi connectivity index (χ1n) is 9.50. The number of alkyl halides is 6. The van der Waals surface area contributed by atoms with Gasteiger partial charge in [0.2, 0.25) is 0 Å². The Morgan fingerprint density at radius 3 is 2.14 bits per heavy atom. The minimum Gasteiger partial charge on any atom is -0.316 e. The monoisotopic (exact) mass is 418 g/mol. The van der Waals surface area contributed by atoms with Crippen molar-refractivity contribution in [2.24, 2.45) is 0 Å². The number of hydrogen-bond acceptors (Lipinski definition) is 2. The molecule has 0 aliphatic carbocycles. The van der Waals surface area contributed by atoms with E-state index in [-0.39, 0.29) is 17.2 Å². The van der Waals surface area contributed by atoms with Crippen LogP contribution in [-0.4, -0.2) is 18.1 Å². The molecule has 0 saturated heterocycles. The van der Waals surface area contributed by atoms with Gasteiger partial charge >= 0.3 is 12.4 Å². The molecule has 0 aliphatic heterocycles. The molecule has 0 aliphatic rings. The van der Waals surface area contributed by atoms with E-state index in [0.29, 0.717) is 12.1 Å². The summed E-state index contributed by atoms with van der Waals surface area (Å²) in [5.41, 5.74) is -1.28. The molecular weight excluding hydrogens is 394 g/mol. The zero-order chi connectivity index (χ0) is 21.7. The van der Waals surface area contributed by atoms with Crippen LogP contribution in [0.15, 0.2) is 36.4 Å². The van der Waals surface area contributed by atoms with E-state index in [1.165, 1.54) is 6.07 Å². The quantitative estimate of drug-likeness (QED) is 0.383. The molecule has 0 radical (unpaired) electrons. The van der Waals surface area contributed by atoms with Gasteiger partial charge in [0.05, 0.1) is 11.3 Å². The highest BCUT2D eigenvalue weighted by molar-refractivity contribution is 5.61. The van der Waals surface area contributed by atoms with E-state index in [0.717, 1.165) is 56.1 Å². The normalized spacial score (nSPS) is 13.5. The SMILES string of the molecule is CCCCCNCC(C)c1cc(-c2ccc(C(F)(F)F)cc2)nc(C(F)(F)F)c1. The molecule has 0 spiro atoms. The Labute approximate surface area is 166 Å². The molecule has 0 saturated carbocycles. The largest absolute Gasteiger partial charge is 0.433 e. The van der Waals surface area contributed by atoms with Crippen molar-refractivity contribution in [3.05, 3.63) is 53.2 Å². The lowest BCUT2D eigenvalue weighted by Gasteiger charge is -2.17. The topological polar surface area (TPSA) is 24.9 Å². The van der Waals surface area contributed by atoms with Crippen LogP contribution in [0, 0.1) is 0 Å². The maximum absolute atomic E-state index is 13.3. The third kappa shape index (κ3) is 6.73. The molecule has 1 atom stereocenters. The van der Waals surface area contributed by atoms with E-state index in [1.54, 1.807) is 6.92 Å². The molecule has 1 aromatic carbocycles. The third-order valence-corrected chi connectivity index (χ3v) is 4.62. The second-order valence-corrected chi connectivity index (χ2v) is 7.06. The molecule has 0 bridgehead atoms. The van der Waals surface area contributed by atoms with Crippen LogP contribution in [0.2, 0.25) is 0 Å². The predicted molar refractivity (Wildman–Crippen MR) is 100 cm³/mol. The van der Waals surface area contributed by atoms with Crippen LogP contribution in [-0.2, 0) is 12.4 Å². The summed E-state index contributed by atoms with van der Waals surface area (Å²) in [6, 6.07) is 6.49. The molecule has 29 heavy (non-hydrogen) atoms. The number of rotatable bonds is 8. The summed E-state index contributed by atoms with van der Waals surface area (Å²) in [5.74, 6) is -0.214. The third-order valence-electron chi connectivity index (χ3n) is 4.62. The lowest BCUT2D eigenvalue weighted by atomic mass is 9.97. The summed E-state index contributed by atoms with van der Waals surface area (Å²) in [6.07, 6.45) is -6.02. The summed E-state index contributed by atoms with van der Waals surface area (Å²) in [7, 11) is 0. The Balaban J connectivity index is 2.29. The average Bonchev–Trinajstić information content (AvgIpc) is 2.66. The highest BCUT2D eigenvalue weighted by Gasteiger charge is 2.34. The van der Waals surface area contributed by atoms with Gasteiger partial charge in [-0.05, 0) is 48.7 Å². The van der Waals surface area contributed by atoms with Gasteiger partial charge in [-0.3, -0.25) is 0 Å². The molecule has 160 valence electrons. The van der Waals surface area contributed by atoms with Crippen LogP contribution < -0.4 is 5.32 Å². The molecule has 1 aromatic heterocycles. The Morgan fingerprint density at radius 1 is 0.931 bits per heavy atom. The minimum absolute atomic E-state index is 0.00128. The van der Waals surface area contributed by atoms with Crippen LogP contribution in [0.25, 0.3) is 11.3 Å². The Kier molecular flexibility index (Phi) is 7.68. The number of unbranched alkanes of at least 4 members (excludes halogenated alkanes) is 2. The van der Waals surface area contributed by atoms with Crippen molar-refractivity contribution >= 4 is 0 Å². The molecule has 1 heterocycles. The fraction of sp³-hybridized carbons (Fsp3) is 0.476. The van der Waals surface area contributed by atoms with Gasteiger partial charge < -0.3 is 5.32 Å². The van der Waals surface area contributed by atoms with Gasteiger partial charge in [-0.25, -0.2) is 4.98 Å². The molecular formula is C21H24F6N2. The number of nitrogens with zero attached hydrogens (tertiary/aromatic N) is 1. The van der Waals surface area contributed by atoms with Gasteiger partial charge in [0.1, 0.15) is 5.69 Å². The molecule has 0 fully saturated rings. The number of nitrogens with one attached hydrogen (secondary N) is 1. The van der Waals surface area contributed by atoms with Crippen LogP contribution in [0.3, 0.4) is 0 Å².